The highest BCUT2D eigenvalue weighted by atomic mass is 16.5. The minimum absolute atomic E-state index is 0.127. The average Bonchev–Trinajstić information content (AvgIpc) is 2.73. The predicted octanol–water partition coefficient (Wildman–Crippen LogP) is 1.57. The number of amides is 1. The Bertz CT molecular complexity index is 356. The van der Waals surface area contributed by atoms with Crippen molar-refractivity contribution < 1.29 is 9.32 Å². The van der Waals surface area contributed by atoms with Gasteiger partial charge in [-0.2, -0.15) is 4.98 Å². The molecule has 1 aromatic rings. The maximum Gasteiger partial charge on any atom is 0.223 e. The van der Waals surface area contributed by atoms with Crippen molar-refractivity contribution in [2.75, 3.05) is 0 Å². The maximum atomic E-state index is 11.8. The van der Waals surface area contributed by atoms with Gasteiger partial charge in [-0.15, -0.1) is 0 Å². The minimum Gasteiger partial charge on any atom is -0.348 e. The lowest BCUT2D eigenvalue weighted by Gasteiger charge is -2.20. The normalized spacial score (nSPS) is 17.3. The number of nitrogens with zero attached hydrogens (tertiary/aromatic N) is 2. The molecular weight excluding hydrogens is 206 g/mol. The van der Waals surface area contributed by atoms with Crippen LogP contribution in [0.1, 0.15) is 43.8 Å². The van der Waals surface area contributed by atoms with Crippen LogP contribution in [0.3, 0.4) is 0 Å². The van der Waals surface area contributed by atoms with Gasteiger partial charge in [-0.3, -0.25) is 4.79 Å². The van der Waals surface area contributed by atoms with Gasteiger partial charge in [0.1, 0.15) is 0 Å². The zero-order chi connectivity index (χ0) is 11.4. The Kier molecular flexibility index (Phi) is 3.54. The van der Waals surface area contributed by atoms with E-state index in [1.54, 1.807) is 6.92 Å². The fourth-order valence-corrected chi connectivity index (χ4v) is 2.09. The molecule has 1 saturated carbocycles. The first kappa shape index (κ1) is 11.1. The molecule has 1 aliphatic rings. The molecule has 1 heterocycles. The number of hydrogen-bond donors (Lipinski definition) is 1. The third-order valence-electron chi connectivity index (χ3n) is 2.97. The first-order valence-corrected chi connectivity index (χ1v) is 5.82. The molecule has 0 aromatic carbocycles. The Labute approximate surface area is 94.6 Å². The molecule has 2 rings (SSSR count). The number of aromatic nitrogens is 2. The van der Waals surface area contributed by atoms with E-state index in [-0.39, 0.29) is 11.8 Å². The second-order valence-corrected chi connectivity index (χ2v) is 4.28. The highest BCUT2D eigenvalue weighted by Crippen LogP contribution is 2.23. The molecule has 0 aliphatic heterocycles. The van der Waals surface area contributed by atoms with Gasteiger partial charge in [0.05, 0.1) is 6.54 Å². The topological polar surface area (TPSA) is 68.0 Å². The van der Waals surface area contributed by atoms with Gasteiger partial charge in [0.25, 0.3) is 0 Å². The number of carbonyl (C=O) groups excluding carboxylic acids is 1. The van der Waals surface area contributed by atoms with E-state index in [1.165, 1.54) is 19.3 Å². The van der Waals surface area contributed by atoms with Crippen LogP contribution in [0.25, 0.3) is 0 Å². The molecule has 0 spiro atoms. The first-order chi connectivity index (χ1) is 7.75. The molecule has 0 bridgehead atoms. The SMILES string of the molecule is Cc1nc(CNC(=O)C2CCCCC2)no1. The lowest BCUT2D eigenvalue weighted by molar-refractivity contribution is -0.126. The number of nitrogens with one attached hydrogen (secondary N) is 1. The summed E-state index contributed by atoms with van der Waals surface area (Å²) >= 11 is 0. The van der Waals surface area contributed by atoms with Gasteiger partial charge in [-0.25, -0.2) is 0 Å². The van der Waals surface area contributed by atoms with E-state index in [0.29, 0.717) is 18.3 Å². The lowest BCUT2D eigenvalue weighted by Crippen LogP contribution is -2.31. The second kappa shape index (κ2) is 5.09. The van der Waals surface area contributed by atoms with Crippen LogP contribution in [-0.4, -0.2) is 16.0 Å². The van der Waals surface area contributed by atoms with Crippen LogP contribution in [0.5, 0.6) is 0 Å². The summed E-state index contributed by atoms with van der Waals surface area (Å²) in [6.07, 6.45) is 5.61. The molecule has 1 N–H and O–H groups in total. The van der Waals surface area contributed by atoms with Crippen molar-refractivity contribution in [1.82, 2.24) is 15.5 Å². The Morgan fingerprint density at radius 3 is 2.81 bits per heavy atom. The van der Waals surface area contributed by atoms with E-state index in [4.69, 9.17) is 4.52 Å². The summed E-state index contributed by atoms with van der Waals surface area (Å²) in [6, 6.07) is 0. The van der Waals surface area contributed by atoms with Crippen molar-refractivity contribution in [3.05, 3.63) is 11.7 Å². The molecule has 88 valence electrons. The fraction of sp³-hybridized carbons (Fsp3) is 0.727. The van der Waals surface area contributed by atoms with Gasteiger partial charge >= 0.3 is 0 Å². The van der Waals surface area contributed by atoms with E-state index >= 15 is 0 Å². The smallest absolute Gasteiger partial charge is 0.223 e. The summed E-state index contributed by atoms with van der Waals surface area (Å²) in [7, 11) is 0. The molecular formula is C11H17N3O2. The predicted molar refractivity (Wildman–Crippen MR) is 57.5 cm³/mol. The van der Waals surface area contributed by atoms with Gasteiger partial charge in [-0.1, -0.05) is 24.4 Å². The average molecular weight is 223 g/mol. The van der Waals surface area contributed by atoms with Gasteiger partial charge in [0.2, 0.25) is 11.8 Å². The van der Waals surface area contributed by atoms with E-state index in [1.807, 2.05) is 0 Å². The lowest BCUT2D eigenvalue weighted by atomic mass is 9.89. The first-order valence-electron chi connectivity index (χ1n) is 5.82. The summed E-state index contributed by atoms with van der Waals surface area (Å²) in [4.78, 5) is 15.8. The Balaban J connectivity index is 1.78. The van der Waals surface area contributed by atoms with Gasteiger partial charge in [-0.05, 0) is 12.8 Å². The van der Waals surface area contributed by atoms with Crippen LogP contribution >= 0.6 is 0 Å². The molecule has 0 unspecified atom stereocenters. The number of carbonyl (C=O) groups is 1. The Morgan fingerprint density at radius 2 is 2.19 bits per heavy atom. The number of hydrogen-bond acceptors (Lipinski definition) is 4. The van der Waals surface area contributed by atoms with Gasteiger partial charge in [0, 0.05) is 12.8 Å². The molecule has 0 saturated heterocycles. The molecule has 5 nitrogen and oxygen atoms in total. The summed E-state index contributed by atoms with van der Waals surface area (Å²) in [5, 5.41) is 6.59. The fourth-order valence-electron chi connectivity index (χ4n) is 2.09. The highest BCUT2D eigenvalue weighted by Gasteiger charge is 2.20. The van der Waals surface area contributed by atoms with Crippen LogP contribution in [0.4, 0.5) is 0 Å². The van der Waals surface area contributed by atoms with E-state index in [0.717, 1.165) is 12.8 Å². The molecule has 1 amide bonds. The Hall–Kier alpha value is -1.39. The monoisotopic (exact) mass is 223 g/mol. The van der Waals surface area contributed by atoms with Crippen molar-refractivity contribution >= 4 is 5.91 Å². The Morgan fingerprint density at radius 1 is 1.44 bits per heavy atom. The van der Waals surface area contributed by atoms with Crippen LogP contribution in [0.2, 0.25) is 0 Å². The number of rotatable bonds is 3. The molecule has 16 heavy (non-hydrogen) atoms. The van der Waals surface area contributed by atoms with Crippen molar-refractivity contribution in [1.29, 1.82) is 0 Å². The largest absolute Gasteiger partial charge is 0.348 e. The quantitative estimate of drug-likeness (QED) is 0.844. The van der Waals surface area contributed by atoms with Crippen LogP contribution in [0.15, 0.2) is 4.52 Å². The summed E-state index contributed by atoms with van der Waals surface area (Å²) in [6.45, 7) is 2.10. The third-order valence-corrected chi connectivity index (χ3v) is 2.97. The standard InChI is InChI=1S/C11H17N3O2/c1-8-13-10(14-16-8)7-12-11(15)9-5-3-2-4-6-9/h9H,2-7H2,1H3,(H,12,15). The van der Waals surface area contributed by atoms with Crippen LogP contribution in [-0.2, 0) is 11.3 Å². The van der Waals surface area contributed by atoms with Gasteiger partial charge in [0.15, 0.2) is 5.82 Å². The molecule has 5 heteroatoms. The van der Waals surface area contributed by atoms with Crippen LogP contribution < -0.4 is 5.32 Å². The summed E-state index contributed by atoms with van der Waals surface area (Å²) < 4.78 is 4.83. The van der Waals surface area contributed by atoms with Crippen molar-refractivity contribution in [2.45, 2.75) is 45.6 Å². The highest BCUT2D eigenvalue weighted by molar-refractivity contribution is 5.78. The van der Waals surface area contributed by atoms with Crippen molar-refractivity contribution in [3.8, 4) is 0 Å². The molecule has 1 fully saturated rings. The molecule has 0 atom stereocenters. The third kappa shape index (κ3) is 2.81. The minimum atomic E-state index is 0.127. The maximum absolute atomic E-state index is 11.8. The van der Waals surface area contributed by atoms with Crippen LogP contribution in [0, 0.1) is 12.8 Å². The van der Waals surface area contributed by atoms with Crippen molar-refractivity contribution in [3.63, 3.8) is 0 Å². The summed E-state index contributed by atoms with van der Waals surface area (Å²) in [5.74, 6) is 1.38. The zero-order valence-corrected chi connectivity index (χ0v) is 9.53. The van der Waals surface area contributed by atoms with E-state index in [9.17, 15) is 4.79 Å². The second-order valence-electron chi connectivity index (χ2n) is 4.28. The summed E-state index contributed by atoms with van der Waals surface area (Å²) in [5.41, 5.74) is 0. The number of aryl methyl sites for hydroxylation is 1. The molecule has 0 radical (unpaired) electrons. The van der Waals surface area contributed by atoms with E-state index < -0.39 is 0 Å². The zero-order valence-electron chi connectivity index (χ0n) is 9.53. The van der Waals surface area contributed by atoms with E-state index in [2.05, 4.69) is 15.5 Å². The van der Waals surface area contributed by atoms with Gasteiger partial charge < -0.3 is 9.84 Å². The molecule has 1 aliphatic carbocycles. The molecule has 1 aromatic heterocycles. The van der Waals surface area contributed by atoms with Crippen molar-refractivity contribution in [2.24, 2.45) is 5.92 Å².